The highest BCUT2D eigenvalue weighted by Gasteiger charge is 2.33. The van der Waals surface area contributed by atoms with Crippen molar-refractivity contribution in [2.24, 2.45) is 0 Å². The molecule has 1 aromatic carbocycles. The van der Waals surface area contributed by atoms with Crippen molar-refractivity contribution >= 4 is 17.7 Å². The van der Waals surface area contributed by atoms with Crippen LogP contribution in [0.25, 0.3) is 0 Å². The van der Waals surface area contributed by atoms with E-state index in [2.05, 4.69) is 0 Å². The Balaban J connectivity index is 2.00. The number of ether oxygens (including phenoxy) is 2. The van der Waals surface area contributed by atoms with Gasteiger partial charge in [0.15, 0.2) is 0 Å². The van der Waals surface area contributed by atoms with E-state index in [1.807, 2.05) is 30.8 Å². The van der Waals surface area contributed by atoms with E-state index in [4.69, 9.17) is 9.47 Å². The summed E-state index contributed by atoms with van der Waals surface area (Å²) in [6.45, 7) is 2.56. The Morgan fingerprint density at radius 3 is 2.67 bits per heavy atom. The van der Waals surface area contributed by atoms with Gasteiger partial charge >= 0.3 is 5.97 Å². The van der Waals surface area contributed by atoms with Crippen molar-refractivity contribution in [1.82, 2.24) is 0 Å². The van der Waals surface area contributed by atoms with Gasteiger partial charge in [0.2, 0.25) is 0 Å². The third-order valence-corrected chi connectivity index (χ3v) is 4.33. The Bertz CT molecular complexity index is 408. The minimum absolute atomic E-state index is 0.232. The summed E-state index contributed by atoms with van der Waals surface area (Å²) in [7, 11) is 1.65. The monoisotopic (exact) mass is 266 g/mol. The zero-order chi connectivity index (χ0) is 13.0. The number of thioether (sulfide) groups is 1. The summed E-state index contributed by atoms with van der Waals surface area (Å²) in [5.74, 6) is 1.72. The summed E-state index contributed by atoms with van der Waals surface area (Å²) in [4.78, 5) is 12.0. The Labute approximate surface area is 112 Å². The van der Waals surface area contributed by atoms with Crippen LogP contribution < -0.4 is 0 Å². The molecule has 0 spiro atoms. The van der Waals surface area contributed by atoms with Gasteiger partial charge in [0.05, 0.1) is 12.2 Å². The predicted molar refractivity (Wildman–Crippen MR) is 72.9 cm³/mol. The second-order valence-corrected chi connectivity index (χ2v) is 5.88. The zero-order valence-electron chi connectivity index (χ0n) is 10.8. The maximum Gasteiger partial charge on any atom is 0.338 e. The maximum absolute atomic E-state index is 12.0. The molecule has 1 heterocycles. The molecule has 98 valence electrons. The zero-order valence-corrected chi connectivity index (χ0v) is 11.6. The highest BCUT2D eigenvalue weighted by Crippen LogP contribution is 2.31. The lowest BCUT2D eigenvalue weighted by Gasteiger charge is -2.23. The van der Waals surface area contributed by atoms with Gasteiger partial charge in [0.25, 0.3) is 0 Å². The molecule has 0 aromatic heterocycles. The Kier molecular flexibility index (Phi) is 4.30. The van der Waals surface area contributed by atoms with E-state index >= 15 is 0 Å². The molecular weight excluding hydrogens is 248 g/mol. The van der Waals surface area contributed by atoms with E-state index in [-0.39, 0.29) is 11.6 Å². The number of benzene rings is 1. The quantitative estimate of drug-likeness (QED) is 0.785. The molecular formula is C14H18O3S. The third-order valence-electron chi connectivity index (χ3n) is 3.02. The number of esters is 1. The molecule has 0 radical (unpaired) electrons. The molecule has 18 heavy (non-hydrogen) atoms. The van der Waals surface area contributed by atoms with Crippen LogP contribution in [-0.4, -0.2) is 30.2 Å². The van der Waals surface area contributed by atoms with E-state index in [1.165, 1.54) is 0 Å². The normalized spacial score (nSPS) is 23.0. The maximum atomic E-state index is 12.0. The Hall–Kier alpha value is -1.00. The van der Waals surface area contributed by atoms with Gasteiger partial charge in [-0.2, -0.15) is 11.8 Å². The van der Waals surface area contributed by atoms with Gasteiger partial charge < -0.3 is 9.47 Å². The number of rotatable bonds is 4. The molecule has 1 saturated heterocycles. The average molecular weight is 266 g/mol. The molecule has 0 saturated carbocycles. The SMILES string of the molecule is COCc1ccc(C(=O)OC2(C)CCSC2)cc1. The first-order valence-electron chi connectivity index (χ1n) is 6.02. The fraction of sp³-hybridized carbons (Fsp3) is 0.500. The summed E-state index contributed by atoms with van der Waals surface area (Å²) in [5.41, 5.74) is 1.36. The van der Waals surface area contributed by atoms with E-state index in [0.717, 1.165) is 23.5 Å². The first-order valence-corrected chi connectivity index (χ1v) is 7.17. The second-order valence-electron chi connectivity index (χ2n) is 4.77. The molecule has 0 bridgehead atoms. The molecule has 1 aliphatic heterocycles. The van der Waals surface area contributed by atoms with E-state index in [9.17, 15) is 4.79 Å². The fourth-order valence-corrected chi connectivity index (χ4v) is 3.27. The van der Waals surface area contributed by atoms with Crippen molar-refractivity contribution in [3.8, 4) is 0 Å². The fourth-order valence-electron chi connectivity index (χ4n) is 1.92. The Morgan fingerprint density at radius 2 is 2.11 bits per heavy atom. The molecule has 4 heteroatoms. The van der Waals surface area contributed by atoms with Gasteiger partial charge in [0.1, 0.15) is 5.60 Å². The van der Waals surface area contributed by atoms with E-state index < -0.39 is 0 Å². The number of hydrogen-bond acceptors (Lipinski definition) is 4. The second kappa shape index (κ2) is 5.76. The molecule has 0 N–H and O–H groups in total. The minimum atomic E-state index is -0.299. The summed E-state index contributed by atoms with van der Waals surface area (Å²) in [6, 6.07) is 7.38. The van der Waals surface area contributed by atoms with Crippen LogP contribution in [0.3, 0.4) is 0 Å². The molecule has 1 aliphatic rings. The number of methoxy groups -OCH3 is 1. The van der Waals surface area contributed by atoms with Gasteiger partial charge in [-0.1, -0.05) is 12.1 Å². The highest BCUT2D eigenvalue weighted by molar-refractivity contribution is 7.99. The number of carbonyl (C=O) groups is 1. The van der Waals surface area contributed by atoms with Crippen LogP contribution in [0.1, 0.15) is 29.3 Å². The van der Waals surface area contributed by atoms with Crippen molar-refractivity contribution in [2.75, 3.05) is 18.6 Å². The van der Waals surface area contributed by atoms with Crippen LogP contribution >= 0.6 is 11.8 Å². The van der Waals surface area contributed by atoms with Gasteiger partial charge in [0, 0.05) is 12.9 Å². The van der Waals surface area contributed by atoms with Crippen molar-refractivity contribution in [2.45, 2.75) is 25.6 Å². The molecule has 1 atom stereocenters. The van der Waals surface area contributed by atoms with Crippen LogP contribution in [-0.2, 0) is 16.1 Å². The van der Waals surface area contributed by atoms with Crippen molar-refractivity contribution in [3.05, 3.63) is 35.4 Å². The van der Waals surface area contributed by atoms with Crippen molar-refractivity contribution in [1.29, 1.82) is 0 Å². The molecule has 1 aromatic rings. The molecule has 1 fully saturated rings. The largest absolute Gasteiger partial charge is 0.455 e. The van der Waals surface area contributed by atoms with Crippen LogP contribution in [0.5, 0.6) is 0 Å². The van der Waals surface area contributed by atoms with Crippen molar-refractivity contribution < 1.29 is 14.3 Å². The summed E-state index contributed by atoms with van der Waals surface area (Å²) >= 11 is 1.83. The minimum Gasteiger partial charge on any atom is -0.455 e. The molecule has 3 nitrogen and oxygen atoms in total. The number of carbonyl (C=O) groups excluding carboxylic acids is 1. The molecule has 1 unspecified atom stereocenters. The molecule has 0 aliphatic carbocycles. The summed E-state index contributed by atoms with van der Waals surface area (Å²) in [5, 5.41) is 0. The predicted octanol–water partition coefficient (Wildman–Crippen LogP) is 2.89. The first-order chi connectivity index (χ1) is 8.63. The van der Waals surface area contributed by atoms with Crippen LogP contribution in [0.4, 0.5) is 0 Å². The number of hydrogen-bond donors (Lipinski definition) is 0. The van der Waals surface area contributed by atoms with Gasteiger partial charge in [-0.15, -0.1) is 0 Å². The van der Waals surface area contributed by atoms with Gasteiger partial charge in [-0.3, -0.25) is 0 Å². The van der Waals surface area contributed by atoms with E-state index in [0.29, 0.717) is 12.2 Å². The van der Waals surface area contributed by atoms with Crippen LogP contribution in [0.15, 0.2) is 24.3 Å². The topological polar surface area (TPSA) is 35.5 Å². The lowest BCUT2D eigenvalue weighted by molar-refractivity contribution is 0.00246. The molecule has 2 rings (SSSR count). The smallest absolute Gasteiger partial charge is 0.338 e. The average Bonchev–Trinajstić information content (AvgIpc) is 2.77. The Morgan fingerprint density at radius 1 is 1.39 bits per heavy atom. The van der Waals surface area contributed by atoms with Crippen LogP contribution in [0.2, 0.25) is 0 Å². The van der Waals surface area contributed by atoms with Crippen LogP contribution in [0, 0.1) is 0 Å². The standard InChI is InChI=1S/C14H18O3S/c1-14(7-8-18-10-14)17-13(15)12-5-3-11(4-6-12)9-16-2/h3-6H,7-10H2,1-2H3. The third kappa shape index (κ3) is 3.27. The first kappa shape index (κ1) is 13.4. The van der Waals surface area contributed by atoms with Gasteiger partial charge in [-0.05, 0) is 36.8 Å². The van der Waals surface area contributed by atoms with Gasteiger partial charge in [-0.25, -0.2) is 4.79 Å². The lowest BCUT2D eigenvalue weighted by Crippen LogP contribution is -2.31. The summed E-state index contributed by atoms with van der Waals surface area (Å²) < 4.78 is 10.6. The lowest BCUT2D eigenvalue weighted by atomic mass is 10.1. The molecule has 0 amide bonds. The van der Waals surface area contributed by atoms with Crippen molar-refractivity contribution in [3.63, 3.8) is 0 Å². The summed E-state index contributed by atoms with van der Waals surface area (Å²) in [6.07, 6.45) is 0.936. The highest BCUT2D eigenvalue weighted by atomic mass is 32.2. The van der Waals surface area contributed by atoms with E-state index in [1.54, 1.807) is 19.2 Å².